The Hall–Kier alpha value is -1.83. The molecular weight excluding hydrogens is 296 g/mol. The van der Waals surface area contributed by atoms with Gasteiger partial charge in [0.05, 0.1) is 0 Å². The van der Waals surface area contributed by atoms with Gasteiger partial charge in [-0.2, -0.15) is 0 Å². The van der Waals surface area contributed by atoms with Crippen LogP contribution in [-0.2, 0) is 4.79 Å². The second kappa shape index (κ2) is 19.2. The van der Waals surface area contributed by atoms with E-state index >= 15 is 0 Å². The highest BCUT2D eigenvalue weighted by atomic mass is 16.4. The SMILES string of the molecule is CC/C=C\C/C=C/C/C=C/C/C=C\C/C=C\CCCCCC(=O)O. The third kappa shape index (κ3) is 20.2. The third-order valence-corrected chi connectivity index (χ3v) is 3.42. The molecule has 0 aliphatic rings. The molecule has 0 atom stereocenters. The van der Waals surface area contributed by atoms with E-state index in [4.69, 9.17) is 5.11 Å². The molecule has 0 saturated carbocycles. The molecule has 0 aromatic carbocycles. The zero-order chi connectivity index (χ0) is 17.7. The Labute approximate surface area is 148 Å². The number of hydrogen-bond acceptors (Lipinski definition) is 1. The monoisotopic (exact) mass is 330 g/mol. The van der Waals surface area contributed by atoms with E-state index in [2.05, 4.69) is 67.7 Å². The molecule has 0 saturated heterocycles. The van der Waals surface area contributed by atoms with E-state index in [9.17, 15) is 4.79 Å². The molecule has 134 valence electrons. The van der Waals surface area contributed by atoms with Crippen LogP contribution in [-0.4, -0.2) is 11.1 Å². The van der Waals surface area contributed by atoms with Gasteiger partial charge in [-0.25, -0.2) is 0 Å². The van der Waals surface area contributed by atoms with Crippen molar-refractivity contribution in [3.63, 3.8) is 0 Å². The summed E-state index contributed by atoms with van der Waals surface area (Å²) >= 11 is 0. The van der Waals surface area contributed by atoms with Gasteiger partial charge in [-0.1, -0.05) is 74.1 Å². The Balaban J connectivity index is 3.42. The van der Waals surface area contributed by atoms with E-state index in [-0.39, 0.29) is 0 Å². The van der Waals surface area contributed by atoms with Gasteiger partial charge >= 0.3 is 5.97 Å². The number of unbranched alkanes of at least 4 members (excludes halogenated alkanes) is 3. The molecule has 24 heavy (non-hydrogen) atoms. The Bertz CT molecular complexity index is 425. The van der Waals surface area contributed by atoms with Gasteiger partial charge in [0.15, 0.2) is 0 Å². The fourth-order valence-electron chi connectivity index (χ4n) is 2.08. The highest BCUT2D eigenvalue weighted by Crippen LogP contribution is 2.04. The van der Waals surface area contributed by atoms with Crippen molar-refractivity contribution in [1.29, 1.82) is 0 Å². The van der Waals surface area contributed by atoms with Crippen LogP contribution in [0.2, 0.25) is 0 Å². The summed E-state index contributed by atoms with van der Waals surface area (Å²) < 4.78 is 0. The van der Waals surface area contributed by atoms with Crippen molar-refractivity contribution in [2.45, 2.75) is 71.1 Å². The van der Waals surface area contributed by atoms with E-state index in [0.717, 1.165) is 57.8 Å². The van der Waals surface area contributed by atoms with Gasteiger partial charge in [0, 0.05) is 6.42 Å². The lowest BCUT2D eigenvalue weighted by atomic mass is 10.1. The first-order valence-electron chi connectivity index (χ1n) is 9.24. The number of allylic oxidation sites excluding steroid dienone is 10. The van der Waals surface area contributed by atoms with E-state index in [1.165, 1.54) is 0 Å². The molecule has 0 rings (SSSR count). The summed E-state index contributed by atoms with van der Waals surface area (Å²) in [7, 11) is 0. The summed E-state index contributed by atoms with van der Waals surface area (Å²) in [6.07, 6.45) is 31.3. The van der Waals surface area contributed by atoms with E-state index < -0.39 is 5.97 Å². The number of rotatable bonds is 15. The molecule has 0 spiro atoms. The molecule has 0 bridgehead atoms. The van der Waals surface area contributed by atoms with Crippen LogP contribution in [0.15, 0.2) is 60.8 Å². The lowest BCUT2D eigenvalue weighted by molar-refractivity contribution is -0.137. The van der Waals surface area contributed by atoms with Crippen LogP contribution < -0.4 is 0 Å². The average molecular weight is 331 g/mol. The maximum atomic E-state index is 10.3. The molecule has 2 heteroatoms. The number of carbonyl (C=O) groups is 1. The second-order valence-electron chi connectivity index (χ2n) is 5.70. The van der Waals surface area contributed by atoms with Crippen LogP contribution >= 0.6 is 0 Å². The Morgan fingerprint density at radius 2 is 1.12 bits per heavy atom. The molecule has 0 unspecified atom stereocenters. The topological polar surface area (TPSA) is 37.3 Å². The third-order valence-electron chi connectivity index (χ3n) is 3.42. The Morgan fingerprint density at radius 3 is 1.58 bits per heavy atom. The molecule has 1 N–H and O–H groups in total. The van der Waals surface area contributed by atoms with Crippen LogP contribution in [0.25, 0.3) is 0 Å². The van der Waals surface area contributed by atoms with Crippen molar-refractivity contribution >= 4 is 5.97 Å². The predicted octanol–water partition coefficient (Wildman–Crippen LogP) is 6.77. The molecule has 2 nitrogen and oxygen atoms in total. The van der Waals surface area contributed by atoms with Gasteiger partial charge in [-0.15, -0.1) is 0 Å². The molecule has 0 aromatic heterocycles. The van der Waals surface area contributed by atoms with Gasteiger partial charge in [0.2, 0.25) is 0 Å². The van der Waals surface area contributed by atoms with Crippen LogP contribution in [0, 0.1) is 0 Å². The molecule has 0 aromatic rings. The van der Waals surface area contributed by atoms with Crippen molar-refractivity contribution in [1.82, 2.24) is 0 Å². The Kier molecular flexibility index (Phi) is 17.8. The smallest absolute Gasteiger partial charge is 0.303 e. The minimum absolute atomic E-state index is 0.297. The van der Waals surface area contributed by atoms with Crippen LogP contribution in [0.3, 0.4) is 0 Å². The second-order valence-corrected chi connectivity index (χ2v) is 5.70. The first-order valence-corrected chi connectivity index (χ1v) is 9.24. The molecule has 0 amide bonds. The summed E-state index contributed by atoms with van der Waals surface area (Å²) in [6, 6.07) is 0. The van der Waals surface area contributed by atoms with Crippen molar-refractivity contribution in [3.8, 4) is 0 Å². The van der Waals surface area contributed by atoms with Gasteiger partial charge in [-0.05, 0) is 51.4 Å². The van der Waals surface area contributed by atoms with Crippen LogP contribution in [0.5, 0.6) is 0 Å². The van der Waals surface area contributed by atoms with Gasteiger partial charge in [0.1, 0.15) is 0 Å². The van der Waals surface area contributed by atoms with E-state index in [1.54, 1.807) is 0 Å². The first-order chi connectivity index (χ1) is 11.8. The highest BCUT2D eigenvalue weighted by Gasteiger charge is 1.94. The van der Waals surface area contributed by atoms with Crippen molar-refractivity contribution in [2.24, 2.45) is 0 Å². The maximum absolute atomic E-state index is 10.3. The van der Waals surface area contributed by atoms with E-state index in [0.29, 0.717) is 6.42 Å². The highest BCUT2D eigenvalue weighted by molar-refractivity contribution is 5.66. The minimum atomic E-state index is -0.690. The number of aliphatic carboxylic acids is 1. The van der Waals surface area contributed by atoms with Crippen molar-refractivity contribution < 1.29 is 9.90 Å². The fraction of sp³-hybridized carbons (Fsp3) is 0.500. The molecule has 0 aliphatic heterocycles. The van der Waals surface area contributed by atoms with Gasteiger partial charge in [-0.3, -0.25) is 4.79 Å². The molecular formula is C22H34O2. The quantitative estimate of drug-likeness (QED) is 0.265. The van der Waals surface area contributed by atoms with Crippen molar-refractivity contribution in [3.05, 3.63) is 60.8 Å². The van der Waals surface area contributed by atoms with Gasteiger partial charge < -0.3 is 5.11 Å². The summed E-state index contributed by atoms with van der Waals surface area (Å²) in [5.41, 5.74) is 0. The number of carboxylic acid groups (broad SMARTS) is 1. The minimum Gasteiger partial charge on any atom is -0.481 e. The number of hydrogen-bond donors (Lipinski definition) is 1. The molecule has 0 heterocycles. The summed E-state index contributed by atoms with van der Waals surface area (Å²) in [6.45, 7) is 2.15. The normalized spacial score (nSPS) is 12.7. The predicted molar refractivity (Wildman–Crippen MR) is 105 cm³/mol. The van der Waals surface area contributed by atoms with Crippen LogP contribution in [0.4, 0.5) is 0 Å². The lowest BCUT2D eigenvalue weighted by Crippen LogP contribution is -1.93. The fourth-order valence-corrected chi connectivity index (χ4v) is 2.08. The largest absolute Gasteiger partial charge is 0.481 e. The Morgan fingerprint density at radius 1 is 0.667 bits per heavy atom. The van der Waals surface area contributed by atoms with Crippen LogP contribution in [0.1, 0.15) is 71.1 Å². The van der Waals surface area contributed by atoms with Gasteiger partial charge in [0.25, 0.3) is 0 Å². The summed E-state index contributed by atoms with van der Waals surface area (Å²) in [5.74, 6) is -0.690. The molecule has 0 radical (unpaired) electrons. The molecule has 0 aliphatic carbocycles. The lowest BCUT2D eigenvalue weighted by Gasteiger charge is -1.94. The average Bonchev–Trinajstić information content (AvgIpc) is 2.56. The zero-order valence-electron chi connectivity index (χ0n) is 15.2. The summed E-state index contributed by atoms with van der Waals surface area (Å²) in [5, 5.41) is 8.52. The van der Waals surface area contributed by atoms with E-state index in [1.807, 2.05) is 0 Å². The zero-order valence-corrected chi connectivity index (χ0v) is 15.2. The van der Waals surface area contributed by atoms with Crippen molar-refractivity contribution in [2.75, 3.05) is 0 Å². The summed E-state index contributed by atoms with van der Waals surface area (Å²) in [4.78, 5) is 10.3. The number of carboxylic acids is 1. The maximum Gasteiger partial charge on any atom is 0.303 e. The first kappa shape index (κ1) is 22.2. The standard InChI is InChI=1S/C22H34O2/c1-2-3-4-5-6-7-8-9-10-11-12-13-14-15-16-17-18-19-20-21-22(23)24/h3-4,6-7,9-10,12-13,15-16H,2,5,8,11,14,17-21H2,1H3,(H,23,24)/b4-3-,7-6+,10-9+,13-12-,16-15-. The molecule has 0 fully saturated rings.